The third-order valence-corrected chi connectivity index (χ3v) is 4.57. The summed E-state index contributed by atoms with van der Waals surface area (Å²) >= 11 is 0. The summed E-state index contributed by atoms with van der Waals surface area (Å²) < 4.78 is 27.4. The summed E-state index contributed by atoms with van der Waals surface area (Å²) in [6.45, 7) is 1.95. The number of aromatic nitrogens is 1. The maximum absolute atomic E-state index is 12.4. The number of sulfonamides is 1. The highest BCUT2D eigenvalue weighted by Gasteiger charge is 2.14. The normalized spacial score (nSPS) is 11.5. The largest absolute Gasteiger partial charge is 0.280 e. The highest BCUT2D eigenvalue weighted by Crippen LogP contribution is 2.20. The number of pyridine rings is 1. The van der Waals surface area contributed by atoms with E-state index in [1.165, 1.54) is 0 Å². The molecule has 4 nitrogen and oxygen atoms in total. The van der Waals surface area contributed by atoms with Gasteiger partial charge in [0, 0.05) is 17.3 Å². The minimum atomic E-state index is -3.60. The van der Waals surface area contributed by atoms with E-state index in [2.05, 4.69) is 9.71 Å². The summed E-state index contributed by atoms with van der Waals surface area (Å²) in [5, 5.41) is 0.796. The van der Waals surface area contributed by atoms with Gasteiger partial charge in [-0.1, -0.05) is 23.8 Å². The summed E-state index contributed by atoms with van der Waals surface area (Å²) in [4.78, 5) is 4.41. The van der Waals surface area contributed by atoms with Crippen LogP contribution in [0.5, 0.6) is 0 Å². The van der Waals surface area contributed by atoms with Crippen molar-refractivity contribution in [3.63, 3.8) is 0 Å². The van der Waals surface area contributed by atoms with Gasteiger partial charge < -0.3 is 0 Å². The van der Waals surface area contributed by atoms with E-state index < -0.39 is 10.0 Å². The Kier molecular flexibility index (Phi) is 3.35. The van der Waals surface area contributed by atoms with Crippen LogP contribution in [0.1, 0.15) is 5.56 Å². The Hall–Kier alpha value is -2.40. The maximum Gasteiger partial charge on any atom is 0.261 e. The number of benzene rings is 2. The first kappa shape index (κ1) is 13.6. The molecule has 0 fully saturated rings. The van der Waals surface area contributed by atoms with Gasteiger partial charge in [-0.15, -0.1) is 0 Å². The maximum atomic E-state index is 12.4. The number of nitrogens with zero attached hydrogens (tertiary/aromatic N) is 1. The van der Waals surface area contributed by atoms with Crippen molar-refractivity contribution < 1.29 is 8.42 Å². The van der Waals surface area contributed by atoms with Crippen molar-refractivity contribution in [2.75, 3.05) is 4.72 Å². The standard InChI is InChI=1S/C16H14N2O2S/c1-12-4-6-14(7-5-12)18-21(19,20)15-8-9-16-13(11-15)3-2-10-17-16/h2-11,18H,1H3. The molecule has 0 saturated heterocycles. The number of aryl methyl sites for hydroxylation is 1. The molecule has 0 aliphatic heterocycles. The zero-order chi connectivity index (χ0) is 14.9. The quantitative estimate of drug-likeness (QED) is 0.806. The van der Waals surface area contributed by atoms with E-state index >= 15 is 0 Å². The van der Waals surface area contributed by atoms with E-state index in [4.69, 9.17) is 0 Å². The van der Waals surface area contributed by atoms with Crippen LogP contribution in [0.2, 0.25) is 0 Å². The van der Waals surface area contributed by atoms with E-state index in [0.717, 1.165) is 16.5 Å². The molecule has 5 heteroatoms. The van der Waals surface area contributed by atoms with Gasteiger partial charge in [0.15, 0.2) is 0 Å². The van der Waals surface area contributed by atoms with Gasteiger partial charge in [-0.25, -0.2) is 8.42 Å². The molecule has 1 aromatic heterocycles. The average Bonchev–Trinajstić information content (AvgIpc) is 2.49. The fourth-order valence-corrected chi connectivity index (χ4v) is 3.15. The molecule has 0 aliphatic rings. The first-order valence-corrected chi connectivity index (χ1v) is 7.97. The zero-order valence-corrected chi connectivity index (χ0v) is 12.3. The first-order valence-electron chi connectivity index (χ1n) is 6.49. The number of rotatable bonds is 3. The number of hydrogen-bond acceptors (Lipinski definition) is 3. The number of hydrogen-bond donors (Lipinski definition) is 1. The van der Waals surface area contributed by atoms with Gasteiger partial charge in [-0.2, -0.15) is 0 Å². The van der Waals surface area contributed by atoms with Gasteiger partial charge in [0.1, 0.15) is 0 Å². The van der Waals surface area contributed by atoms with Crippen molar-refractivity contribution in [1.29, 1.82) is 0 Å². The van der Waals surface area contributed by atoms with Crippen LogP contribution in [-0.4, -0.2) is 13.4 Å². The molecule has 1 N–H and O–H groups in total. The van der Waals surface area contributed by atoms with E-state index in [-0.39, 0.29) is 4.90 Å². The van der Waals surface area contributed by atoms with Gasteiger partial charge in [-0.05, 0) is 43.3 Å². The van der Waals surface area contributed by atoms with Crippen molar-refractivity contribution in [2.24, 2.45) is 0 Å². The minimum absolute atomic E-state index is 0.226. The summed E-state index contributed by atoms with van der Waals surface area (Å²) in [6.07, 6.45) is 1.68. The van der Waals surface area contributed by atoms with Crippen LogP contribution in [0, 0.1) is 6.92 Å². The molecule has 3 aromatic rings. The molecule has 0 atom stereocenters. The topological polar surface area (TPSA) is 59.1 Å². The number of fused-ring (bicyclic) bond motifs is 1. The van der Waals surface area contributed by atoms with Crippen LogP contribution < -0.4 is 4.72 Å². The molecular formula is C16H14N2O2S. The molecule has 106 valence electrons. The molecular weight excluding hydrogens is 284 g/mol. The minimum Gasteiger partial charge on any atom is -0.280 e. The van der Waals surface area contributed by atoms with Crippen molar-refractivity contribution >= 4 is 26.6 Å². The third-order valence-electron chi connectivity index (χ3n) is 3.19. The van der Waals surface area contributed by atoms with Crippen molar-refractivity contribution in [3.05, 3.63) is 66.4 Å². The molecule has 2 aromatic carbocycles. The highest BCUT2D eigenvalue weighted by atomic mass is 32.2. The Morgan fingerprint density at radius 2 is 1.76 bits per heavy atom. The second-order valence-corrected chi connectivity index (χ2v) is 6.51. The Balaban J connectivity index is 1.97. The molecule has 0 amide bonds. The average molecular weight is 298 g/mol. The fraction of sp³-hybridized carbons (Fsp3) is 0.0625. The van der Waals surface area contributed by atoms with Crippen molar-refractivity contribution in [2.45, 2.75) is 11.8 Å². The molecule has 0 aliphatic carbocycles. The van der Waals surface area contributed by atoms with E-state index in [9.17, 15) is 8.42 Å². The molecule has 0 radical (unpaired) electrons. The van der Waals surface area contributed by atoms with Crippen LogP contribution in [0.4, 0.5) is 5.69 Å². The number of nitrogens with one attached hydrogen (secondary N) is 1. The second-order valence-electron chi connectivity index (χ2n) is 4.83. The van der Waals surface area contributed by atoms with Gasteiger partial charge in [0.2, 0.25) is 0 Å². The monoisotopic (exact) mass is 298 g/mol. The molecule has 21 heavy (non-hydrogen) atoms. The summed E-state index contributed by atoms with van der Waals surface area (Å²) in [6, 6.07) is 15.7. The first-order chi connectivity index (χ1) is 10.0. The van der Waals surface area contributed by atoms with Crippen LogP contribution in [0.3, 0.4) is 0 Å². The SMILES string of the molecule is Cc1ccc(NS(=O)(=O)c2ccc3ncccc3c2)cc1. The van der Waals surface area contributed by atoms with Gasteiger partial charge in [0.25, 0.3) is 10.0 Å². The highest BCUT2D eigenvalue weighted by molar-refractivity contribution is 7.92. The molecule has 1 heterocycles. The van der Waals surface area contributed by atoms with Crippen LogP contribution in [0.15, 0.2) is 65.7 Å². The van der Waals surface area contributed by atoms with E-state index in [1.807, 2.05) is 25.1 Å². The van der Waals surface area contributed by atoms with Gasteiger partial charge in [0.05, 0.1) is 10.4 Å². The second kappa shape index (κ2) is 5.18. The van der Waals surface area contributed by atoms with E-state index in [0.29, 0.717) is 5.69 Å². The third kappa shape index (κ3) is 2.87. The molecule has 0 spiro atoms. The van der Waals surface area contributed by atoms with Crippen LogP contribution >= 0.6 is 0 Å². The Morgan fingerprint density at radius 3 is 2.52 bits per heavy atom. The summed E-state index contributed by atoms with van der Waals surface area (Å²) in [7, 11) is -3.60. The Morgan fingerprint density at radius 1 is 1.00 bits per heavy atom. The molecule has 0 unspecified atom stereocenters. The predicted molar refractivity (Wildman–Crippen MR) is 83.7 cm³/mol. The van der Waals surface area contributed by atoms with Gasteiger partial charge in [-0.3, -0.25) is 9.71 Å². The lowest BCUT2D eigenvalue weighted by atomic mass is 10.2. The van der Waals surface area contributed by atoms with E-state index in [1.54, 1.807) is 42.6 Å². The Bertz CT molecular complexity index is 888. The van der Waals surface area contributed by atoms with Crippen LogP contribution in [0.25, 0.3) is 10.9 Å². The molecule has 3 rings (SSSR count). The van der Waals surface area contributed by atoms with Gasteiger partial charge >= 0.3 is 0 Å². The van der Waals surface area contributed by atoms with Crippen molar-refractivity contribution in [1.82, 2.24) is 4.98 Å². The summed E-state index contributed by atoms with van der Waals surface area (Å²) in [5.41, 5.74) is 2.40. The van der Waals surface area contributed by atoms with Crippen molar-refractivity contribution in [3.8, 4) is 0 Å². The molecule has 0 saturated carbocycles. The number of anilines is 1. The van der Waals surface area contributed by atoms with Crippen LogP contribution in [-0.2, 0) is 10.0 Å². The zero-order valence-electron chi connectivity index (χ0n) is 11.4. The molecule has 0 bridgehead atoms. The smallest absolute Gasteiger partial charge is 0.261 e. The fourth-order valence-electron chi connectivity index (χ4n) is 2.06. The lowest BCUT2D eigenvalue weighted by Crippen LogP contribution is -2.12. The lowest BCUT2D eigenvalue weighted by molar-refractivity contribution is 0.601. The Labute approximate surface area is 123 Å². The predicted octanol–water partition coefficient (Wildman–Crippen LogP) is 3.34. The summed E-state index contributed by atoms with van der Waals surface area (Å²) in [5.74, 6) is 0. The lowest BCUT2D eigenvalue weighted by Gasteiger charge is -2.09.